The molecule has 1 fully saturated rings. The number of aryl methyl sites for hydroxylation is 1. The zero-order valence-electron chi connectivity index (χ0n) is 17.6. The third-order valence-electron chi connectivity index (χ3n) is 5.51. The zero-order chi connectivity index (χ0) is 20.9. The molecule has 1 saturated heterocycles. The van der Waals surface area contributed by atoms with Gasteiger partial charge in [0.2, 0.25) is 0 Å². The van der Waals surface area contributed by atoms with Crippen LogP contribution in [0.3, 0.4) is 0 Å². The fraction of sp³-hybridized carbons (Fsp3) is 0.417. The Labute approximate surface area is 176 Å². The summed E-state index contributed by atoms with van der Waals surface area (Å²) in [4.78, 5) is 19.4. The molecular weight excluding hydrogens is 380 g/mol. The average molecular weight is 408 g/mol. The van der Waals surface area contributed by atoms with Crippen molar-refractivity contribution in [1.29, 1.82) is 0 Å². The van der Waals surface area contributed by atoms with Gasteiger partial charge in [-0.25, -0.2) is 4.98 Å². The summed E-state index contributed by atoms with van der Waals surface area (Å²) in [6, 6.07) is 13.2. The van der Waals surface area contributed by atoms with Gasteiger partial charge in [0.15, 0.2) is 23.0 Å². The monoisotopic (exact) mass is 408 g/mol. The van der Waals surface area contributed by atoms with E-state index in [0.717, 1.165) is 60.6 Å². The van der Waals surface area contributed by atoms with Crippen LogP contribution in [0.1, 0.15) is 48.9 Å². The normalized spacial score (nSPS) is 14.8. The van der Waals surface area contributed by atoms with Crippen LogP contribution in [0.15, 0.2) is 46.9 Å². The molecule has 6 heteroatoms. The maximum Gasteiger partial charge on any atom is 0.253 e. The lowest BCUT2D eigenvalue weighted by molar-refractivity contribution is 0.0590. The van der Waals surface area contributed by atoms with Gasteiger partial charge < -0.3 is 18.8 Å². The molecule has 1 amide bonds. The SMILES string of the molecule is CCCCc1nc2cc(C(=O)N3CCC(Oc4ccccc4OC)CC3)ccc2o1. The molecule has 1 aliphatic heterocycles. The highest BCUT2D eigenvalue weighted by atomic mass is 16.5. The number of benzene rings is 2. The van der Waals surface area contributed by atoms with Crippen molar-refractivity contribution in [3.63, 3.8) is 0 Å². The highest BCUT2D eigenvalue weighted by Gasteiger charge is 2.25. The quantitative estimate of drug-likeness (QED) is 0.558. The molecule has 3 aromatic rings. The maximum atomic E-state index is 13.0. The van der Waals surface area contributed by atoms with Crippen molar-refractivity contribution < 1.29 is 18.7 Å². The van der Waals surface area contributed by atoms with Crippen molar-refractivity contribution in [3.05, 3.63) is 53.9 Å². The number of ether oxygens (including phenoxy) is 2. The van der Waals surface area contributed by atoms with Crippen LogP contribution < -0.4 is 9.47 Å². The Morgan fingerprint density at radius 1 is 1.17 bits per heavy atom. The zero-order valence-corrected chi connectivity index (χ0v) is 17.6. The molecule has 4 rings (SSSR count). The summed E-state index contributed by atoms with van der Waals surface area (Å²) < 4.78 is 17.3. The number of oxazole rings is 1. The summed E-state index contributed by atoms with van der Waals surface area (Å²) in [6.45, 7) is 3.47. The van der Waals surface area contributed by atoms with Crippen LogP contribution >= 0.6 is 0 Å². The second kappa shape index (κ2) is 9.20. The molecule has 0 unspecified atom stereocenters. The van der Waals surface area contributed by atoms with E-state index in [2.05, 4.69) is 11.9 Å². The van der Waals surface area contributed by atoms with Gasteiger partial charge in [0.25, 0.3) is 5.91 Å². The third-order valence-corrected chi connectivity index (χ3v) is 5.51. The predicted octanol–water partition coefficient (Wildman–Crippen LogP) is 4.86. The topological polar surface area (TPSA) is 64.8 Å². The number of para-hydroxylation sites is 2. The van der Waals surface area contributed by atoms with E-state index in [-0.39, 0.29) is 12.0 Å². The number of hydrogen-bond acceptors (Lipinski definition) is 5. The highest BCUT2D eigenvalue weighted by molar-refractivity contribution is 5.97. The van der Waals surface area contributed by atoms with Crippen LogP contribution in [-0.2, 0) is 6.42 Å². The number of fused-ring (bicyclic) bond motifs is 1. The van der Waals surface area contributed by atoms with Crippen LogP contribution in [0, 0.1) is 0 Å². The number of aromatic nitrogens is 1. The molecule has 2 aromatic carbocycles. The van der Waals surface area contributed by atoms with E-state index in [9.17, 15) is 4.79 Å². The molecule has 0 spiro atoms. The molecule has 2 heterocycles. The Bertz CT molecular complexity index is 1010. The minimum atomic E-state index is 0.0331. The number of amides is 1. The van der Waals surface area contributed by atoms with Gasteiger partial charge in [-0.15, -0.1) is 0 Å². The number of nitrogens with zero attached hydrogens (tertiary/aromatic N) is 2. The van der Waals surface area contributed by atoms with Crippen molar-refractivity contribution in [2.24, 2.45) is 0 Å². The number of likely N-dealkylation sites (tertiary alicyclic amines) is 1. The predicted molar refractivity (Wildman–Crippen MR) is 115 cm³/mol. The molecule has 30 heavy (non-hydrogen) atoms. The standard InChI is InChI=1S/C24H28N2O4/c1-3-4-9-23-25-19-16-17(10-11-20(19)30-23)24(27)26-14-12-18(13-15-26)29-22-8-6-5-7-21(22)28-2/h5-8,10-11,16,18H,3-4,9,12-15H2,1-2H3. The lowest BCUT2D eigenvalue weighted by Crippen LogP contribution is -2.41. The molecule has 1 aromatic heterocycles. The lowest BCUT2D eigenvalue weighted by Gasteiger charge is -2.32. The first-order valence-corrected chi connectivity index (χ1v) is 10.7. The Balaban J connectivity index is 1.38. The van der Waals surface area contributed by atoms with Crippen molar-refractivity contribution >= 4 is 17.0 Å². The summed E-state index contributed by atoms with van der Waals surface area (Å²) in [5.41, 5.74) is 2.14. The Morgan fingerprint density at radius 2 is 1.93 bits per heavy atom. The van der Waals surface area contributed by atoms with Gasteiger partial charge in [0.05, 0.1) is 7.11 Å². The van der Waals surface area contributed by atoms with Crippen molar-refractivity contribution in [2.45, 2.75) is 45.1 Å². The van der Waals surface area contributed by atoms with Crippen LogP contribution in [0.4, 0.5) is 0 Å². The van der Waals surface area contributed by atoms with Gasteiger partial charge in [-0.05, 0) is 36.8 Å². The van der Waals surface area contributed by atoms with E-state index in [0.29, 0.717) is 18.7 Å². The molecular formula is C24H28N2O4. The molecule has 0 aliphatic carbocycles. The van der Waals surface area contributed by atoms with Gasteiger partial charge in [-0.2, -0.15) is 0 Å². The smallest absolute Gasteiger partial charge is 0.253 e. The van der Waals surface area contributed by atoms with Crippen LogP contribution in [0.5, 0.6) is 11.5 Å². The summed E-state index contributed by atoms with van der Waals surface area (Å²) in [6.07, 6.45) is 4.62. The number of rotatable bonds is 7. The molecule has 1 aliphatic rings. The fourth-order valence-corrected chi connectivity index (χ4v) is 3.80. The van der Waals surface area contributed by atoms with Crippen LogP contribution in [0.2, 0.25) is 0 Å². The van der Waals surface area contributed by atoms with Gasteiger partial charge in [-0.1, -0.05) is 25.5 Å². The summed E-state index contributed by atoms with van der Waals surface area (Å²) in [7, 11) is 1.64. The first kappa shape index (κ1) is 20.3. The first-order chi connectivity index (χ1) is 14.7. The van der Waals surface area contributed by atoms with Gasteiger partial charge in [0.1, 0.15) is 11.6 Å². The number of methoxy groups -OCH3 is 1. The van der Waals surface area contributed by atoms with E-state index in [4.69, 9.17) is 13.9 Å². The molecule has 0 radical (unpaired) electrons. The summed E-state index contributed by atoms with van der Waals surface area (Å²) >= 11 is 0. The maximum absolute atomic E-state index is 13.0. The molecule has 0 atom stereocenters. The largest absolute Gasteiger partial charge is 0.493 e. The van der Waals surface area contributed by atoms with Gasteiger partial charge in [-0.3, -0.25) is 4.79 Å². The molecule has 0 saturated carbocycles. The second-order valence-electron chi connectivity index (χ2n) is 7.65. The summed E-state index contributed by atoms with van der Waals surface area (Å²) in [5.74, 6) is 2.26. The summed E-state index contributed by atoms with van der Waals surface area (Å²) in [5, 5.41) is 0. The number of piperidine rings is 1. The minimum absolute atomic E-state index is 0.0331. The van der Waals surface area contributed by atoms with E-state index in [1.54, 1.807) is 7.11 Å². The number of carbonyl (C=O) groups excluding carboxylic acids is 1. The average Bonchev–Trinajstić information content (AvgIpc) is 3.20. The Morgan fingerprint density at radius 3 is 2.67 bits per heavy atom. The molecule has 158 valence electrons. The van der Waals surface area contributed by atoms with E-state index in [1.165, 1.54) is 0 Å². The van der Waals surface area contributed by atoms with E-state index < -0.39 is 0 Å². The Hall–Kier alpha value is -3.02. The molecule has 0 bridgehead atoms. The van der Waals surface area contributed by atoms with Gasteiger partial charge >= 0.3 is 0 Å². The Kier molecular flexibility index (Phi) is 6.21. The van der Waals surface area contributed by atoms with Crippen molar-refractivity contribution in [3.8, 4) is 11.5 Å². The van der Waals surface area contributed by atoms with Crippen molar-refractivity contribution in [2.75, 3.05) is 20.2 Å². The van der Waals surface area contributed by atoms with Crippen LogP contribution in [0.25, 0.3) is 11.1 Å². The molecule has 6 nitrogen and oxygen atoms in total. The van der Waals surface area contributed by atoms with Gasteiger partial charge in [0, 0.05) is 37.9 Å². The van der Waals surface area contributed by atoms with Crippen LogP contribution in [-0.4, -0.2) is 42.1 Å². The minimum Gasteiger partial charge on any atom is -0.493 e. The number of unbranched alkanes of at least 4 members (excludes halogenated alkanes) is 1. The van der Waals surface area contributed by atoms with E-state index >= 15 is 0 Å². The van der Waals surface area contributed by atoms with E-state index in [1.807, 2.05) is 47.4 Å². The fourth-order valence-electron chi connectivity index (χ4n) is 3.80. The second-order valence-corrected chi connectivity index (χ2v) is 7.65. The lowest BCUT2D eigenvalue weighted by atomic mass is 10.1. The number of hydrogen-bond donors (Lipinski definition) is 0. The highest BCUT2D eigenvalue weighted by Crippen LogP contribution is 2.29. The van der Waals surface area contributed by atoms with Crippen molar-refractivity contribution in [1.82, 2.24) is 9.88 Å². The third kappa shape index (κ3) is 4.42. The molecule has 0 N–H and O–H groups in total. The first-order valence-electron chi connectivity index (χ1n) is 10.7. The number of carbonyl (C=O) groups is 1.